The number of epoxide rings is 2. The average molecular weight is 1570 g/mol. The van der Waals surface area contributed by atoms with E-state index in [0.29, 0.717) is 31.2 Å². The Kier molecular flexibility index (Phi) is 82.8. The van der Waals surface area contributed by atoms with Crippen molar-refractivity contribution in [2.24, 2.45) is 5.73 Å². The van der Waals surface area contributed by atoms with Crippen LogP contribution in [-0.2, 0) is 76.9 Å². The first-order valence-corrected chi connectivity index (χ1v) is 35.8. The number of hydrogen-bond acceptors (Lipinski definition) is 27. The number of aliphatic hydroxyl groups excluding tert-OH is 7. The zero-order chi connectivity index (χ0) is 78.3. The molecular weight excluding hydrogens is 1440 g/mol. The van der Waals surface area contributed by atoms with Crippen molar-refractivity contribution in [3.63, 3.8) is 0 Å². The van der Waals surface area contributed by atoms with Gasteiger partial charge in [-0.2, -0.15) is 7.11 Å². The van der Waals surface area contributed by atoms with Crippen molar-refractivity contribution in [1.29, 1.82) is 0 Å². The Labute approximate surface area is 696 Å². The van der Waals surface area contributed by atoms with Gasteiger partial charge in [-0.1, -0.05) is 136 Å². The van der Waals surface area contributed by atoms with Crippen LogP contribution in [0.15, 0.2) is 121 Å². The third-order valence-corrected chi connectivity index (χ3v) is 14.4. The standard InChI is InChI=1S/2C13H19NO2.C10H15NO.C7H14O2.C7H6O.2C6H13NO2.C4H6O4.C3H5ClO.C3H9NO.C2H3BO2.CH3O.2CH4.2Na/c2*1-11-7-14(9-13(10-15)16-11)8-12-5-3-2-4-6-12;1-9(12)7-11-8-10-5-3-2-4-6-10;1-6(8)3-2-4-7-5-9-7;8-6-7-4-2-1-3-5-7;2*1-5-2-7-3-6(4-8)9-5;1-3(5)7-8-4(2)6;4-1-3-2-5-3;1-3(5)2-4;1-2(4)5-3;1-2;;;;/h2*2-6,11,13,15H,7-10H2,1H3;2-6,9,11-12H,7-8H2,1H3;6-8H,2-5H2,1H3;1-6H;2*5-8H,2-4H2,1H3;1-2H3;3H,1-2H2;3,5H,2,4H2,1H3;1H3;1H3;2*1H4;;/q;;;;;;;;;;2*-1;;;2*+1/t11-,13+;11-,13-;9-;6-,7?;;5-,6+;5-,6-;;;3-;;;;;;/m1111.11..1....../s1. The van der Waals surface area contributed by atoms with Crippen LogP contribution in [0.1, 0.15) is 130 Å². The maximum absolute atomic E-state index is 10.0. The van der Waals surface area contributed by atoms with Crippen molar-refractivity contribution < 1.29 is 162 Å². The number of carbonyl (C=O) groups is 4. The number of nitrogens with zero attached hydrogens (tertiary/aromatic N) is 2. The quantitative estimate of drug-likeness (QED) is 0.0130. The normalized spacial score (nSPS) is 21.7. The number of aldehydes is 1. The third-order valence-electron chi connectivity index (χ3n) is 14.0. The van der Waals surface area contributed by atoms with Crippen LogP contribution >= 0.6 is 11.6 Å². The van der Waals surface area contributed by atoms with Gasteiger partial charge in [0, 0.05) is 111 Å². The van der Waals surface area contributed by atoms with Gasteiger partial charge in [0.1, 0.15) is 6.29 Å². The zero-order valence-corrected chi connectivity index (χ0v) is 69.9. The summed E-state index contributed by atoms with van der Waals surface area (Å²) in [5.74, 6) is -1.08. The molecule has 2 unspecified atom stereocenters. The minimum Gasteiger partial charge on any atom is -0.857 e. The van der Waals surface area contributed by atoms with Gasteiger partial charge in [-0.15, -0.1) is 11.6 Å². The maximum atomic E-state index is 10.0. The molecule has 3 radical (unpaired) electrons. The molecule has 31 heteroatoms. The molecule has 0 amide bonds. The van der Waals surface area contributed by atoms with Crippen molar-refractivity contribution in [2.45, 2.75) is 202 Å². The molecule has 6 fully saturated rings. The smallest absolute Gasteiger partial charge is 0.857 e. The predicted molar refractivity (Wildman–Crippen MR) is 413 cm³/mol. The van der Waals surface area contributed by atoms with Gasteiger partial charge in [0.05, 0.1) is 125 Å². The van der Waals surface area contributed by atoms with Gasteiger partial charge in [0.2, 0.25) is 5.97 Å². The molecule has 609 valence electrons. The second-order valence-electron chi connectivity index (χ2n) is 24.9. The van der Waals surface area contributed by atoms with Crippen molar-refractivity contribution in [1.82, 2.24) is 25.8 Å². The summed E-state index contributed by atoms with van der Waals surface area (Å²) in [5, 5.41) is 79.3. The molecule has 12 N–H and O–H groups in total. The van der Waals surface area contributed by atoms with E-state index >= 15 is 0 Å². The molecular formula is C77H133BClN6Na2O21. The largest absolute Gasteiger partial charge is 1.00 e. The van der Waals surface area contributed by atoms with E-state index in [1.54, 1.807) is 26.0 Å². The van der Waals surface area contributed by atoms with Crippen LogP contribution in [-0.4, -0.2) is 275 Å². The molecule has 108 heavy (non-hydrogen) atoms. The van der Waals surface area contributed by atoms with Gasteiger partial charge >= 0.3 is 71.1 Å². The number of morpholine rings is 4. The molecule has 6 heterocycles. The van der Waals surface area contributed by atoms with Crippen LogP contribution in [0, 0.1) is 0 Å². The summed E-state index contributed by atoms with van der Waals surface area (Å²) >= 11 is 5.27. The fraction of sp³-hybridized carbons (Fsp3) is 0.636. The second kappa shape index (κ2) is 77.5. The van der Waals surface area contributed by atoms with E-state index in [1.165, 1.54) is 23.6 Å². The number of carbonyl (C=O) groups excluding carboxylic acids is 4. The second-order valence-corrected chi connectivity index (χ2v) is 25.2. The van der Waals surface area contributed by atoms with E-state index < -0.39 is 17.9 Å². The van der Waals surface area contributed by atoms with E-state index in [2.05, 4.69) is 123 Å². The molecule has 6 saturated heterocycles. The average Bonchev–Trinajstić information content (AvgIpc) is 1.77. The summed E-state index contributed by atoms with van der Waals surface area (Å²) in [6, 6.07) is 40.1. The summed E-state index contributed by atoms with van der Waals surface area (Å²) in [7, 11) is 5.07. The Balaban J connectivity index is -0.000000268. The first kappa shape index (κ1) is 115. The molecule has 27 nitrogen and oxygen atoms in total. The third kappa shape index (κ3) is 74.0. The summed E-state index contributed by atoms with van der Waals surface area (Å²) < 4.78 is 35.2. The van der Waals surface area contributed by atoms with Gasteiger partial charge in [-0.05, 0) is 84.4 Å². The van der Waals surface area contributed by atoms with Crippen molar-refractivity contribution in [3.05, 3.63) is 144 Å². The summed E-state index contributed by atoms with van der Waals surface area (Å²) in [6.07, 6.45) is 5.01. The predicted octanol–water partition coefficient (Wildman–Crippen LogP) is -1.29. The number of alkyl halides is 1. The van der Waals surface area contributed by atoms with E-state index in [4.69, 9.17) is 86.6 Å². The number of aliphatic hydroxyl groups is 7. The molecule has 6 aliphatic heterocycles. The van der Waals surface area contributed by atoms with Crippen LogP contribution in [0.2, 0.25) is 0 Å². The number of halogens is 1. The van der Waals surface area contributed by atoms with Gasteiger partial charge in [-0.3, -0.25) is 19.4 Å². The van der Waals surface area contributed by atoms with Crippen LogP contribution in [0.4, 0.5) is 0 Å². The number of ether oxygens (including phenoxy) is 6. The van der Waals surface area contributed by atoms with Crippen LogP contribution in [0.3, 0.4) is 0 Å². The molecule has 0 spiro atoms. The minimum atomic E-state index is -0.639. The fourth-order valence-electron chi connectivity index (χ4n) is 9.09. The molecule has 10 rings (SSSR count). The van der Waals surface area contributed by atoms with Gasteiger partial charge in [-0.25, -0.2) is 19.4 Å². The van der Waals surface area contributed by atoms with Gasteiger partial charge in [0.25, 0.3) is 0 Å². The Morgan fingerprint density at radius 3 is 1.16 bits per heavy atom. The Hall–Kier alpha value is -3.49. The molecule has 0 bridgehead atoms. The van der Waals surface area contributed by atoms with Crippen molar-refractivity contribution in [3.8, 4) is 0 Å². The maximum Gasteiger partial charge on any atom is 1.00 e. The molecule has 4 aromatic rings. The number of rotatable bonds is 19. The number of benzene rings is 4. The fourth-order valence-corrected chi connectivity index (χ4v) is 9.27. The van der Waals surface area contributed by atoms with Crippen molar-refractivity contribution >= 4 is 43.8 Å². The Morgan fingerprint density at radius 1 is 0.565 bits per heavy atom. The summed E-state index contributed by atoms with van der Waals surface area (Å²) in [6.45, 7) is 29.7. The van der Waals surface area contributed by atoms with Crippen LogP contribution in [0.25, 0.3) is 0 Å². The van der Waals surface area contributed by atoms with E-state index in [1.807, 2.05) is 69.3 Å². The molecule has 13 atom stereocenters. The molecule has 0 aliphatic carbocycles. The Bertz CT molecular complexity index is 2510. The van der Waals surface area contributed by atoms with Crippen LogP contribution in [0.5, 0.6) is 0 Å². The zero-order valence-electron chi connectivity index (χ0n) is 65.2. The van der Waals surface area contributed by atoms with E-state index in [0.717, 1.165) is 137 Å². The number of nitrogens with two attached hydrogens (primary N) is 1. The Morgan fingerprint density at radius 2 is 0.907 bits per heavy atom. The molecule has 4 aromatic carbocycles. The van der Waals surface area contributed by atoms with E-state index in [9.17, 15) is 19.2 Å². The van der Waals surface area contributed by atoms with Crippen molar-refractivity contribution in [2.75, 3.05) is 118 Å². The summed E-state index contributed by atoms with van der Waals surface area (Å²) in [4.78, 5) is 51.5. The molecule has 0 aromatic heterocycles. The van der Waals surface area contributed by atoms with Gasteiger partial charge in [0.15, 0.2) is 0 Å². The number of hydrogen-bond donors (Lipinski definition) is 11. The first-order valence-electron chi connectivity index (χ1n) is 35.2. The van der Waals surface area contributed by atoms with Gasteiger partial charge < -0.3 is 104 Å². The van der Waals surface area contributed by atoms with E-state index in [-0.39, 0.29) is 168 Å². The topological polar surface area (TPSA) is 391 Å². The monoisotopic (exact) mass is 1570 g/mol. The van der Waals surface area contributed by atoms with Crippen LogP contribution < -0.4 is 85.9 Å². The summed E-state index contributed by atoms with van der Waals surface area (Å²) in [5.41, 5.74) is 9.53. The first-order chi connectivity index (χ1) is 49.8. The number of nitrogens with one attached hydrogen (secondary N) is 3. The molecule has 0 saturated carbocycles. The minimum absolute atomic E-state index is 0. The SMILES string of the molecule is C.C.CC(=O)OOC(C)=O.C[C@@H](O)CCCC1CO1.C[C@@H](O)CN.C[C@@H](O)CNCc1ccccc1.C[C@@H]1CN(Cc2ccccc2)C[C@@H](CO)O1.C[C@@H]1CN(Cc2ccccc2)C[C@H](CO)O1.C[C@@H]1CNC[C@@H](CO)O1.C[C@@H]1CNC[C@H](CO)O1.C[O-].ClCC1CO1.O=Cc1ccccc1.[B-]OC(C)=O.[Na+].[Na+]. The molecule has 6 aliphatic rings.